The van der Waals surface area contributed by atoms with Gasteiger partial charge in [0.15, 0.2) is 15.8 Å². The fourth-order valence-corrected chi connectivity index (χ4v) is 3.12. The molecular weight excluding hydrogens is 302 g/mol. The highest BCUT2D eigenvalue weighted by molar-refractivity contribution is 7.91. The summed E-state index contributed by atoms with van der Waals surface area (Å²) in [7, 11) is -3.46. The topological polar surface area (TPSA) is 137 Å². The summed E-state index contributed by atoms with van der Waals surface area (Å²) < 4.78 is 24.3. The first-order valence-electron chi connectivity index (χ1n) is 5.72. The van der Waals surface area contributed by atoms with Gasteiger partial charge in [-0.25, -0.2) is 13.4 Å². The average molecular weight is 318 g/mol. The summed E-state index contributed by atoms with van der Waals surface area (Å²) in [6.45, 7) is 1.77. The van der Waals surface area contributed by atoms with Crippen molar-refractivity contribution < 1.29 is 8.42 Å². The number of halogens is 1. The smallest absolute Gasteiger partial charge is 0.223 e. The van der Waals surface area contributed by atoms with Gasteiger partial charge in [-0.05, 0) is 24.6 Å². The molecule has 0 heterocycles. The number of hydrogen-bond acceptors (Lipinski definition) is 3. The van der Waals surface area contributed by atoms with Gasteiger partial charge >= 0.3 is 0 Å². The Morgan fingerprint density at radius 3 is 2.50 bits per heavy atom. The summed E-state index contributed by atoms with van der Waals surface area (Å²) in [5, 5.41) is 0.330. The average Bonchev–Trinajstić information content (AvgIpc) is 2.26. The Kier molecular flexibility index (Phi) is 5.34. The van der Waals surface area contributed by atoms with Crippen molar-refractivity contribution in [3.05, 3.63) is 23.2 Å². The Labute approximate surface area is 122 Å². The van der Waals surface area contributed by atoms with E-state index in [1.54, 1.807) is 6.92 Å². The van der Waals surface area contributed by atoms with Gasteiger partial charge in [0.05, 0.1) is 16.3 Å². The second-order valence-electron chi connectivity index (χ2n) is 3.94. The molecule has 0 aliphatic carbocycles. The lowest BCUT2D eigenvalue weighted by Gasteiger charge is -2.07. The van der Waals surface area contributed by atoms with Crippen LogP contribution in [0.25, 0.3) is 0 Å². The molecule has 0 fully saturated rings. The second kappa shape index (κ2) is 6.58. The number of guanidine groups is 2. The maximum Gasteiger partial charge on any atom is 0.223 e. The van der Waals surface area contributed by atoms with Crippen LogP contribution in [-0.2, 0) is 9.84 Å². The Morgan fingerprint density at radius 2 is 1.95 bits per heavy atom. The van der Waals surface area contributed by atoms with Crippen molar-refractivity contribution in [2.24, 2.45) is 27.2 Å². The van der Waals surface area contributed by atoms with Gasteiger partial charge in [-0.2, -0.15) is 4.99 Å². The van der Waals surface area contributed by atoms with Crippen LogP contribution in [0.3, 0.4) is 0 Å². The molecule has 0 bridgehead atoms. The zero-order chi connectivity index (χ0) is 15.3. The van der Waals surface area contributed by atoms with Gasteiger partial charge in [-0.3, -0.25) is 0 Å². The summed E-state index contributed by atoms with van der Waals surface area (Å²) in [6, 6.07) is 4.24. The van der Waals surface area contributed by atoms with Crippen LogP contribution in [0.2, 0.25) is 5.02 Å². The van der Waals surface area contributed by atoms with Crippen LogP contribution in [0, 0.1) is 0 Å². The molecule has 0 amide bonds. The monoisotopic (exact) mass is 317 g/mol. The summed E-state index contributed by atoms with van der Waals surface area (Å²) in [5.74, 6) is -0.522. The fourth-order valence-electron chi connectivity index (χ4n) is 1.50. The first-order chi connectivity index (χ1) is 9.26. The van der Waals surface area contributed by atoms with Gasteiger partial charge in [-0.15, -0.1) is 0 Å². The number of hydrogen-bond donors (Lipinski definition) is 3. The van der Waals surface area contributed by atoms with Gasteiger partial charge in [0, 0.05) is 5.02 Å². The first kappa shape index (κ1) is 16.3. The molecular formula is C11H16ClN5O2S. The summed E-state index contributed by atoms with van der Waals surface area (Å²) in [5.41, 5.74) is 16.0. The molecule has 7 nitrogen and oxygen atoms in total. The van der Waals surface area contributed by atoms with Crippen LogP contribution in [0.1, 0.15) is 13.3 Å². The molecule has 0 aromatic heterocycles. The molecule has 0 atom stereocenters. The summed E-state index contributed by atoms with van der Waals surface area (Å²) in [6.07, 6.45) is 0.484. The van der Waals surface area contributed by atoms with E-state index in [4.69, 9.17) is 28.8 Å². The molecule has 20 heavy (non-hydrogen) atoms. The molecule has 6 N–H and O–H groups in total. The molecule has 0 aliphatic heterocycles. The minimum absolute atomic E-state index is 0.000642. The third kappa shape index (κ3) is 4.39. The molecule has 0 unspecified atom stereocenters. The highest BCUT2D eigenvalue weighted by Crippen LogP contribution is 2.29. The van der Waals surface area contributed by atoms with E-state index in [9.17, 15) is 8.42 Å². The SMILES string of the molecule is CCCS(=O)(=O)c1ccc(Cl)cc1N=C(N)N=C(N)N. The fraction of sp³-hybridized carbons (Fsp3) is 0.273. The molecule has 110 valence electrons. The van der Waals surface area contributed by atoms with Crippen molar-refractivity contribution in [2.75, 3.05) is 5.75 Å². The number of benzene rings is 1. The highest BCUT2D eigenvalue weighted by Gasteiger charge is 2.18. The standard InChI is InChI=1S/C11H16ClN5O2S/c1-2-5-20(18,19)9-4-3-7(12)6-8(9)16-11(15)17-10(13)14/h3-4,6H,2,5H2,1H3,(H6,13,14,15,16,17). The Bertz CT molecular complexity index is 651. The van der Waals surface area contributed by atoms with E-state index in [0.717, 1.165) is 0 Å². The molecule has 1 rings (SSSR count). The third-order valence-corrected chi connectivity index (χ3v) is 4.40. The molecule has 0 radical (unpaired) electrons. The van der Waals surface area contributed by atoms with Gasteiger partial charge in [0.1, 0.15) is 0 Å². The van der Waals surface area contributed by atoms with Gasteiger partial charge in [0.2, 0.25) is 5.96 Å². The Balaban J connectivity index is 3.39. The third-order valence-electron chi connectivity index (χ3n) is 2.21. The minimum atomic E-state index is -3.46. The molecule has 9 heteroatoms. The van der Waals surface area contributed by atoms with E-state index in [0.29, 0.717) is 11.4 Å². The van der Waals surface area contributed by atoms with Crippen molar-refractivity contribution in [2.45, 2.75) is 18.2 Å². The summed E-state index contributed by atoms with van der Waals surface area (Å²) >= 11 is 5.84. The molecule has 0 saturated heterocycles. The van der Waals surface area contributed by atoms with Crippen LogP contribution < -0.4 is 17.2 Å². The number of rotatable bonds is 4. The zero-order valence-corrected chi connectivity index (χ0v) is 12.4. The largest absolute Gasteiger partial charge is 0.370 e. The van der Waals surface area contributed by atoms with Crippen molar-refractivity contribution in [1.29, 1.82) is 0 Å². The maximum absolute atomic E-state index is 12.1. The first-order valence-corrected chi connectivity index (χ1v) is 7.75. The quantitative estimate of drug-likeness (QED) is 0.555. The Hall–Kier alpha value is -1.80. The number of sulfone groups is 1. The van der Waals surface area contributed by atoms with Crippen molar-refractivity contribution in [3.63, 3.8) is 0 Å². The van der Waals surface area contributed by atoms with E-state index in [1.807, 2.05) is 0 Å². The van der Waals surface area contributed by atoms with E-state index in [1.165, 1.54) is 18.2 Å². The van der Waals surface area contributed by atoms with Gasteiger partial charge < -0.3 is 17.2 Å². The molecule has 1 aromatic rings. The number of nitrogens with zero attached hydrogens (tertiary/aromatic N) is 2. The zero-order valence-electron chi connectivity index (χ0n) is 10.9. The lowest BCUT2D eigenvalue weighted by molar-refractivity contribution is 0.595. The van der Waals surface area contributed by atoms with Crippen LogP contribution in [0.4, 0.5) is 5.69 Å². The van der Waals surface area contributed by atoms with E-state index < -0.39 is 9.84 Å². The maximum atomic E-state index is 12.1. The predicted molar refractivity (Wildman–Crippen MR) is 80.9 cm³/mol. The molecule has 0 spiro atoms. The second-order valence-corrected chi connectivity index (χ2v) is 6.45. The molecule has 0 saturated carbocycles. The predicted octanol–water partition coefficient (Wildman–Crippen LogP) is 0.743. The highest BCUT2D eigenvalue weighted by atomic mass is 35.5. The van der Waals surface area contributed by atoms with Gasteiger partial charge in [-0.1, -0.05) is 18.5 Å². The van der Waals surface area contributed by atoms with E-state index in [2.05, 4.69) is 9.98 Å². The number of aliphatic imine (C=N–C) groups is 2. The van der Waals surface area contributed by atoms with Crippen molar-refractivity contribution >= 4 is 39.0 Å². The van der Waals surface area contributed by atoms with Crippen molar-refractivity contribution in [1.82, 2.24) is 0 Å². The minimum Gasteiger partial charge on any atom is -0.370 e. The van der Waals surface area contributed by atoms with Crippen molar-refractivity contribution in [3.8, 4) is 0 Å². The molecule has 0 aliphatic rings. The van der Waals surface area contributed by atoms with Gasteiger partial charge in [0.25, 0.3) is 0 Å². The lowest BCUT2D eigenvalue weighted by Crippen LogP contribution is -2.26. The lowest BCUT2D eigenvalue weighted by atomic mass is 10.3. The van der Waals surface area contributed by atoms with Crippen LogP contribution in [0.15, 0.2) is 33.1 Å². The molecule has 1 aromatic carbocycles. The Morgan fingerprint density at radius 1 is 1.30 bits per heavy atom. The normalized spacial score (nSPS) is 12.2. The number of nitrogens with two attached hydrogens (primary N) is 3. The van der Waals surface area contributed by atoms with Crippen LogP contribution in [0.5, 0.6) is 0 Å². The van der Waals surface area contributed by atoms with E-state index >= 15 is 0 Å². The van der Waals surface area contributed by atoms with E-state index in [-0.39, 0.29) is 28.3 Å². The summed E-state index contributed by atoms with van der Waals surface area (Å²) in [4.78, 5) is 7.46. The van der Waals surface area contributed by atoms with Crippen LogP contribution >= 0.6 is 11.6 Å². The van der Waals surface area contributed by atoms with Crippen LogP contribution in [-0.4, -0.2) is 26.1 Å².